The van der Waals surface area contributed by atoms with Crippen LogP contribution >= 0.6 is 0 Å². The average Bonchev–Trinajstić information content (AvgIpc) is 2.15. The second-order valence-electron chi connectivity index (χ2n) is 2.22. The van der Waals surface area contributed by atoms with Gasteiger partial charge in [0.15, 0.2) is 11.5 Å². The molecular weight excluding hydrogens is 185 g/mol. The van der Waals surface area contributed by atoms with E-state index in [0.717, 1.165) is 20.3 Å². The molecule has 2 nitrogen and oxygen atoms in total. The van der Waals surface area contributed by atoms with Gasteiger partial charge in [-0.05, 0) is 0 Å². The van der Waals surface area contributed by atoms with Crippen LogP contribution in [0.3, 0.4) is 0 Å². The molecule has 0 saturated heterocycles. The van der Waals surface area contributed by atoms with Gasteiger partial charge in [0, 0.05) is 6.07 Å². The molecule has 0 amide bonds. The van der Waals surface area contributed by atoms with E-state index in [4.69, 9.17) is 0 Å². The number of hydrogen-bond donors (Lipinski definition) is 0. The zero-order valence-electron chi connectivity index (χ0n) is 7.03. The van der Waals surface area contributed by atoms with Crippen molar-refractivity contribution in [3.05, 3.63) is 23.5 Å². The second kappa shape index (κ2) is 3.55. The summed E-state index contributed by atoms with van der Waals surface area (Å²) in [4.78, 5) is 0. The zero-order valence-corrected chi connectivity index (χ0v) is 7.03. The Morgan fingerprint density at radius 1 is 0.846 bits per heavy atom. The van der Waals surface area contributed by atoms with Crippen molar-refractivity contribution in [2.45, 2.75) is 0 Å². The van der Waals surface area contributed by atoms with Crippen molar-refractivity contribution in [3.63, 3.8) is 0 Å². The maximum absolute atomic E-state index is 12.8. The summed E-state index contributed by atoms with van der Waals surface area (Å²) in [5.74, 6) is -5.11. The topological polar surface area (TPSA) is 18.5 Å². The first-order chi connectivity index (χ1) is 6.11. The van der Waals surface area contributed by atoms with Crippen molar-refractivity contribution < 1.29 is 22.6 Å². The fraction of sp³-hybridized carbons (Fsp3) is 0.250. The molecule has 0 atom stereocenters. The van der Waals surface area contributed by atoms with E-state index >= 15 is 0 Å². The van der Waals surface area contributed by atoms with E-state index < -0.39 is 29.0 Å². The minimum absolute atomic E-state index is 0.393. The molecule has 0 heterocycles. The van der Waals surface area contributed by atoms with Crippen LogP contribution in [0.15, 0.2) is 6.07 Å². The van der Waals surface area contributed by atoms with Gasteiger partial charge in [-0.3, -0.25) is 0 Å². The first kappa shape index (κ1) is 9.70. The van der Waals surface area contributed by atoms with Gasteiger partial charge in [0.2, 0.25) is 17.5 Å². The first-order valence-corrected chi connectivity index (χ1v) is 3.37. The Bertz CT molecular complexity index is 297. The fourth-order valence-electron chi connectivity index (χ4n) is 0.856. The molecule has 0 aromatic heterocycles. The third kappa shape index (κ3) is 1.54. The minimum Gasteiger partial charge on any atom is -0.493 e. The van der Waals surface area contributed by atoms with Crippen molar-refractivity contribution in [1.29, 1.82) is 0 Å². The molecule has 1 aromatic rings. The van der Waals surface area contributed by atoms with Gasteiger partial charge in [0.1, 0.15) is 0 Å². The van der Waals surface area contributed by atoms with Crippen molar-refractivity contribution in [1.82, 2.24) is 0 Å². The fourth-order valence-corrected chi connectivity index (χ4v) is 0.856. The maximum Gasteiger partial charge on any atom is 0.203 e. The molecule has 0 N–H and O–H groups in total. The number of rotatable bonds is 2. The van der Waals surface area contributed by atoms with Crippen LogP contribution in [0.1, 0.15) is 0 Å². The van der Waals surface area contributed by atoms with Crippen LogP contribution in [0, 0.1) is 17.5 Å². The van der Waals surface area contributed by atoms with Gasteiger partial charge in [-0.15, -0.1) is 0 Å². The summed E-state index contributed by atoms with van der Waals surface area (Å²) < 4.78 is 47.2. The average molecular weight is 192 g/mol. The van der Waals surface area contributed by atoms with E-state index in [9.17, 15) is 13.2 Å². The van der Waals surface area contributed by atoms with Crippen LogP contribution in [0.2, 0.25) is 0 Å². The normalized spacial score (nSPS) is 9.92. The lowest BCUT2D eigenvalue weighted by Crippen LogP contribution is -1.99. The molecule has 5 heteroatoms. The summed E-state index contributed by atoms with van der Waals surface area (Å²) in [7, 11) is 2.30. The molecule has 0 aliphatic rings. The number of hydrogen-bond acceptors (Lipinski definition) is 2. The molecule has 0 spiro atoms. The van der Waals surface area contributed by atoms with E-state index in [0.29, 0.717) is 0 Å². The summed E-state index contributed by atoms with van der Waals surface area (Å²) in [6, 6.07) is 0.938. The highest BCUT2D eigenvalue weighted by molar-refractivity contribution is 5.36. The molecule has 1 aromatic carbocycles. The highest BCUT2D eigenvalue weighted by atomic mass is 19.2. The van der Waals surface area contributed by atoms with E-state index in [1.807, 2.05) is 0 Å². The second-order valence-corrected chi connectivity index (χ2v) is 2.22. The monoisotopic (exact) mass is 192 g/mol. The number of methoxy groups -OCH3 is 2. The summed E-state index contributed by atoms with van der Waals surface area (Å²) in [6.07, 6.45) is 0. The summed E-state index contributed by atoms with van der Waals surface area (Å²) in [6.45, 7) is 0. The standard InChI is InChI=1S/C8H7F3O2/c1-12-4-3-5(13-2)7(10)8(11)6(4)9/h3H,1-2H3. The molecular formula is C8H7F3O2. The van der Waals surface area contributed by atoms with Gasteiger partial charge in [0.05, 0.1) is 14.2 Å². The lowest BCUT2D eigenvalue weighted by molar-refractivity contribution is 0.331. The van der Waals surface area contributed by atoms with Crippen LogP contribution in [0.25, 0.3) is 0 Å². The quantitative estimate of drug-likeness (QED) is 0.668. The van der Waals surface area contributed by atoms with Crippen LogP contribution in [0.4, 0.5) is 13.2 Å². The minimum atomic E-state index is -1.60. The Morgan fingerprint density at radius 2 is 1.23 bits per heavy atom. The van der Waals surface area contributed by atoms with Gasteiger partial charge in [-0.25, -0.2) is 4.39 Å². The van der Waals surface area contributed by atoms with E-state index in [-0.39, 0.29) is 0 Å². The highest BCUT2D eigenvalue weighted by Crippen LogP contribution is 2.29. The Kier molecular flexibility index (Phi) is 2.65. The van der Waals surface area contributed by atoms with Crippen LogP contribution in [0.5, 0.6) is 11.5 Å². The molecule has 13 heavy (non-hydrogen) atoms. The summed E-state index contributed by atoms with van der Waals surface area (Å²) in [5.41, 5.74) is 0. The zero-order chi connectivity index (χ0) is 10.0. The molecule has 0 aliphatic heterocycles. The number of ether oxygens (including phenoxy) is 2. The van der Waals surface area contributed by atoms with Gasteiger partial charge < -0.3 is 9.47 Å². The Morgan fingerprint density at radius 3 is 1.54 bits per heavy atom. The van der Waals surface area contributed by atoms with Gasteiger partial charge in [-0.1, -0.05) is 0 Å². The number of halogens is 3. The van der Waals surface area contributed by atoms with Crippen molar-refractivity contribution in [2.75, 3.05) is 14.2 Å². The molecule has 0 bridgehead atoms. The van der Waals surface area contributed by atoms with E-state index in [2.05, 4.69) is 9.47 Å². The molecule has 0 radical (unpaired) electrons. The molecule has 0 aliphatic carbocycles. The third-order valence-electron chi connectivity index (χ3n) is 1.52. The number of benzene rings is 1. The molecule has 72 valence electrons. The summed E-state index contributed by atoms with van der Waals surface area (Å²) >= 11 is 0. The highest BCUT2D eigenvalue weighted by Gasteiger charge is 2.19. The lowest BCUT2D eigenvalue weighted by atomic mass is 10.3. The van der Waals surface area contributed by atoms with Gasteiger partial charge in [0.25, 0.3) is 0 Å². The Balaban J connectivity index is 3.36. The predicted molar refractivity (Wildman–Crippen MR) is 39.4 cm³/mol. The van der Waals surface area contributed by atoms with Crippen molar-refractivity contribution >= 4 is 0 Å². The maximum atomic E-state index is 12.8. The summed E-state index contributed by atoms with van der Waals surface area (Å²) in [5, 5.41) is 0. The molecule has 0 saturated carbocycles. The van der Waals surface area contributed by atoms with Crippen LogP contribution in [-0.2, 0) is 0 Å². The first-order valence-electron chi connectivity index (χ1n) is 3.37. The van der Waals surface area contributed by atoms with Crippen molar-refractivity contribution in [2.24, 2.45) is 0 Å². The smallest absolute Gasteiger partial charge is 0.203 e. The Hall–Kier alpha value is -1.39. The van der Waals surface area contributed by atoms with Crippen LogP contribution < -0.4 is 9.47 Å². The van der Waals surface area contributed by atoms with Crippen LogP contribution in [-0.4, -0.2) is 14.2 Å². The molecule has 0 unspecified atom stereocenters. The van der Waals surface area contributed by atoms with Crippen molar-refractivity contribution in [3.8, 4) is 11.5 Å². The van der Waals surface area contributed by atoms with E-state index in [1.54, 1.807) is 0 Å². The lowest BCUT2D eigenvalue weighted by Gasteiger charge is -2.07. The van der Waals surface area contributed by atoms with E-state index in [1.165, 1.54) is 0 Å². The molecule has 1 rings (SSSR count). The SMILES string of the molecule is COc1cc(OC)c(F)c(F)c1F. The molecule has 0 fully saturated rings. The van der Waals surface area contributed by atoms with Gasteiger partial charge in [-0.2, -0.15) is 8.78 Å². The third-order valence-corrected chi connectivity index (χ3v) is 1.52. The van der Waals surface area contributed by atoms with Gasteiger partial charge >= 0.3 is 0 Å². The predicted octanol–water partition coefficient (Wildman–Crippen LogP) is 2.12. The Labute approximate surface area is 72.9 Å². The largest absolute Gasteiger partial charge is 0.493 e.